The summed E-state index contributed by atoms with van der Waals surface area (Å²) < 4.78 is 16.5. The van der Waals surface area contributed by atoms with Gasteiger partial charge in [0.15, 0.2) is 17.3 Å². The van der Waals surface area contributed by atoms with Crippen molar-refractivity contribution < 1.29 is 28.7 Å². The second-order valence-electron chi connectivity index (χ2n) is 10.2. The summed E-state index contributed by atoms with van der Waals surface area (Å²) in [5, 5.41) is 15.2. The average Bonchev–Trinajstić information content (AvgIpc) is 2.99. The molecule has 3 aromatic rings. The van der Waals surface area contributed by atoms with Gasteiger partial charge in [0.05, 0.1) is 24.7 Å². The van der Waals surface area contributed by atoms with Crippen LogP contribution in [0.4, 0.5) is 5.69 Å². The molecule has 0 spiro atoms. The molecule has 216 valence electrons. The Kier molecular flexibility index (Phi) is 8.31. The highest BCUT2D eigenvalue weighted by molar-refractivity contribution is 6.31. The molecule has 0 radical (unpaired) electrons. The van der Waals surface area contributed by atoms with Crippen LogP contribution < -0.4 is 14.8 Å². The first-order valence-electron chi connectivity index (χ1n) is 13.3. The first-order chi connectivity index (χ1) is 20.2. The van der Waals surface area contributed by atoms with Gasteiger partial charge in [0.25, 0.3) is 5.69 Å². The van der Waals surface area contributed by atoms with Gasteiger partial charge in [-0.15, -0.1) is 0 Å². The lowest BCUT2D eigenvalue weighted by molar-refractivity contribution is -0.384. The van der Waals surface area contributed by atoms with Crippen molar-refractivity contribution in [2.45, 2.75) is 38.2 Å². The molecule has 2 atom stereocenters. The number of hydrogen-bond acceptors (Lipinski definition) is 8. The second kappa shape index (κ2) is 12.1. The average molecular weight is 589 g/mol. The number of nitro benzene ring substituents is 1. The Morgan fingerprint density at radius 2 is 1.76 bits per heavy atom. The summed E-state index contributed by atoms with van der Waals surface area (Å²) in [6.45, 7) is 1.75. The minimum atomic E-state index is -0.948. The Hall–Kier alpha value is -4.63. The van der Waals surface area contributed by atoms with E-state index < -0.39 is 16.8 Å². The molecule has 1 heterocycles. The monoisotopic (exact) mass is 588 g/mol. The Bertz CT molecular complexity index is 1630. The number of nitro groups is 1. The zero-order chi connectivity index (χ0) is 30.0. The molecule has 0 fully saturated rings. The number of benzene rings is 3. The van der Waals surface area contributed by atoms with Crippen LogP contribution in [0, 0.1) is 10.1 Å². The number of nitrogens with one attached hydrogen (secondary N) is 1. The number of carbonyl (C=O) groups excluding carboxylic acids is 2. The molecule has 1 aliphatic carbocycles. The van der Waals surface area contributed by atoms with E-state index in [0.717, 1.165) is 11.1 Å². The smallest absolute Gasteiger partial charge is 0.337 e. The van der Waals surface area contributed by atoms with Gasteiger partial charge in [0, 0.05) is 46.5 Å². The Labute approximate surface area is 247 Å². The summed E-state index contributed by atoms with van der Waals surface area (Å²) in [6.07, 6.45) is 0.619. The lowest BCUT2D eigenvalue weighted by Crippen LogP contribution is -2.36. The summed E-state index contributed by atoms with van der Waals surface area (Å²) >= 11 is 6.61. The lowest BCUT2D eigenvalue weighted by atomic mass is 9.71. The molecule has 10 heteroatoms. The minimum absolute atomic E-state index is 0.0209. The van der Waals surface area contributed by atoms with Crippen molar-refractivity contribution in [2.75, 3.05) is 14.2 Å². The van der Waals surface area contributed by atoms with Crippen molar-refractivity contribution in [3.63, 3.8) is 0 Å². The van der Waals surface area contributed by atoms with Crippen molar-refractivity contribution in [1.29, 1.82) is 0 Å². The molecule has 0 aromatic heterocycles. The maximum Gasteiger partial charge on any atom is 0.337 e. The van der Waals surface area contributed by atoms with Crippen LogP contribution in [0.5, 0.6) is 11.5 Å². The van der Waals surface area contributed by atoms with E-state index in [1.54, 1.807) is 27.2 Å². The van der Waals surface area contributed by atoms with Gasteiger partial charge in [0.1, 0.15) is 6.61 Å². The standard InChI is InChI=1S/C32H29ClN2O7/c1-18-29(32(37)42-17-19-7-5-4-6-8-19)30(23-16-22(35(38)39)10-11-24(23)33)31-25(34-18)13-21(14-26(31)36)20-9-12-27(40-2)28(15-20)41-3/h4-12,15-16,21,30,34H,13-14,17H2,1-3H3/t21-,30-/m1/s1. The number of Topliss-reactive ketones (excluding diaryl/α,β-unsaturated/α-hetero) is 1. The third-order valence-electron chi connectivity index (χ3n) is 7.64. The summed E-state index contributed by atoms with van der Waals surface area (Å²) in [4.78, 5) is 38.7. The number of hydrogen-bond donors (Lipinski definition) is 1. The lowest BCUT2D eigenvalue weighted by Gasteiger charge is -2.37. The largest absolute Gasteiger partial charge is 0.493 e. The number of non-ortho nitro benzene ring substituents is 1. The molecule has 3 aromatic carbocycles. The normalized spacial score (nSPS) is 18.2. The highest BCUT2D eigenvalue weighted by atomic mass is 35.5. The molecule has 1 aliphatic heterocycles. The van der Waals surface area contributed by atoms with Gasteiger partial charge < -0.3 is 19.5 Å². The predicted molar refractivity (Wildman–Crippen MR) is 156 cm³/mol. The van der Waals surface area contributed by atoms with E-state index in [1.807, 2.05) is 42.5 Å². The van der Waals surface area contributed by atoms with E-state index in [1.165, 1.54) is 18.2 Å². The number of ether oxygens (including phenoxy) is 3. The second-order valence-corrected chi connectivity index (χ2v) is 10.6. The highest BCUT2D eigenvalue weighted by Crippen LogP contribution is 2.48. The van der Waals surface area contributed by atoms with Gasteiger partial charge in [-0.05, 0) is 54.2 Å². The molecule has 2 aliphatic rings. The number of halogens is 1. The van der Waals surface area contributed by atoms with Crippen LogP contribution in [0.15, 0.2) is 89.3 Å². The predicted octanol–water partition coefficient (Wildman–Crippen LogP) is 6.37. The quantitative estimate of drug-likeness (QED) is 0.183. The zero-order valence-corrected chi connectivity index (χ0v) is 24.1. The summed E-state index contributed by atoms with van der Waals surface area (Å²) in [5.74, 6) is -0.828. The van der Waals surface area contributed by atoms with Gasteiger partial charge in [0.2, 0.25) is 0 Å². The molecule has 5 rings (SSSR count). The fourth-order valence-electron chi connectivity index (χ4n) is 5.63. The van der Waals surface area contributed by atoms with Crippen LogP contribution in [-0.4, -0.2) is 30.9 Å². The number of methoxy groups -OCH3 is 2. The molecule has 0 amide bonds. The molecule has 0 bridgehead atoms. The van der Waals surface area contributed by atoms with Gasteiger partial charge >= 0.3 is 5.97 Å². The van der Waals surface area contributed by atoms with E-state index in [2.05, 4.69) is 5.32 Å². The van der Waals surface area contributed by atoms with Crippen LogP contribution in [0.2, 0.25) is 5.02 Å². The number of ketones is 1. The first-order valence-corrected chi connectivity index (χ1v) is 13.7. The van der Waals surface area contributed by atoms with Crippen molar-refractivity contribution in [2.24, 2.45) is 0 Å². The molecular formula is C32H29ClN2O7. The van der Waals surface area contributed by atoms with Gasteiger partial charge in [-0.3, -0.25) is 14.9 Å². The van der Waals surface area contributed by atoms with E-state index in [0.29, 0.717) is 40.5 Å². The Morgan fingerprint density at radius 3 is 2.45 bits per heavy atom. The number of esters is 1. The van der Waals surface area contributed by atoms with Gasteiger partial charge in [-0.2, -0.15) is 0 Å². The minimum Gasteiger partial charge on any atom is -0.493 e. The van der Waals surface area contributed by atoms with Crippen LogP contribution in [0.1, 0.15) is 48.3 Å². The topological polar surface area (TPSA) is 117 Å². The van der Waals surface area contributed by atoms with Crippen molar-refractivity contribution in [3.8, 4) is 11.5 Å². The zero-order valence-electron chi connectivity index (χ0n) is 23.3. The molecule has 0 saturated heterocycles. The maximum atomic E-state index is 14.0. The summed E-state index contributed by atoms with van der Waals surface area (Å²) in [6, 6.07) is 18.8. The van der Waals surface area contributed by atoms with Gasteiger partial charge in [-0.25, -0.2) is 4.79 Å². The van der Waals surface area contributed by atoms with E-state index in [-0.39, 0.29) is 41.0 Å². The third-order valence-corrected chi connectivity index (χ3v) is 7.98. The molecule has 1 N–H and O–H groups in total. The van der Waals surface area contributed by atoms with Gasteiger partial charge in [-0.1, -0.05) is 48.0 Å². The molecular weight excluding hydrogens is 560 g/mol. The van der Waals surface area contributed by atoms with Crippen LogP contribution in [0.25, 0.3) is 0 Å². The fourth-order valence-corrected chi connectivity index (χ4v) is 5.86. The van der Waals surface area contributed by atoms with E-state index in [9.17, 15) is 19.7 Å². The number of carbonyl (C=O) groups is 2. The fraction of sp³-hybridized carbons (Fsp3) is 0.250. The first kappa shape index (κ1) is 28.9. The van der Waals surface area contributed by atoms with Crippen LogP contribution in [-0.2, 0) is 20.9 Å². The molecule has 9 nitrogen and oxygen atoms in total. The number of nitrogens with zero attached hydrogens (tertiary/aromatic N) is 1. The summed E-state index contributed by atoms with van der Waals surface area (Å²) in [7, 11) is 3.11. The third kappa shape index (κ3) is 5.60. The van der Waals surface area contributed by atoms with Crippen molar-refractivity contribution in [3.05, 3.63) is 121 Å². The highest BCUT2D eigenvalue weighted by Gasteiger charge is 2.42. The number of rotatable bonds is 8. The van der Waals surface area contributed by atoms with Crippen molar-refractivity contribution in [1.82, 2.24) is 5.32 Å². The summed E-state index contributed by atoms with van der Waals surface area (Å²) in [5.41, 5.74) is 3.45. The van der Waals surface area contributed by atoms with E-state index >= 15 is 0 Å². The molecule has 42 heavy (non-hydrogen) atoms. The van der Waals surface area contributed by atoms with Crippen molar-refractivity contribution >= 4 is 29.0 Å². The van der Waals surface area contributed by atoms with Crippen LogP contribution in [0.3, 0.4) is 0 Å². The van der Waals surface area contributed by atoms with E-state index in [4.69, 9.17) is 25.8 Å². The molecule has 0 saturated carbocycles. The Morgan fingerprint density at radius 1 is 1.02 bits per heavy atom. The molecule has 0 unspecified atom stereocenters. The Balaban J connectivity index is 1.57. The van der Waals surface area contributed by atoms with Crippen LogP contribution >= 0.6 is 11.6 Å². The SMILES string of the molecule is COc1ccc([C@H]2CC(=O)C3=C(C2)NC(C)=C(C(=O)OCc2ccccc2)[C@H]3c2cc([N+](=O)[O-])ccc2Cl)cc1OC. The maximum absolute atomic E-state index is 14.0. The number of allylic oxidation sites excluding steroid dienone is 3. The number of dihydropyridines is 1.